The zero-order chi connectivity index (χ0) is 19.6. The van der Waals surface area contributed by atoms with Gasteiger partial charge < -0.3 is 15.5 Å². The number of nitrogen functional groups attached to an aromatic ring is 1. The molecule has 2 aromatic heterocycles. The van der Waals surface area contributed by atoms with E-state index in [1.165, 1.54) is 5.56 Å². The van der Waals surface area contributed by atoms with Crippen molar-refractivity contribution in [3.8, 4) is 0 Å². The Labute approximate surface area is 166 Å². The summed E-state index contributed by atoms with van der Waals surface area (Å²) >= 11 is 0. The van der Waals surface area contributed by atoms with Gasteiger partial charge in [0.05, 0.1) is 0 Å². The van der Waals surface area contributed by atoms with Gasteiger partial charge in [0, 0.05) is 56.8 Å². The van der Waals surface area contributed by atoms with Crippen LogP contribution in [0.1, 0.15) is 36.9 Å². The number of carbonyl (C=O) groups is 1. The third kappa shape index (κ3) is 4.08. The van der Waals surface area contributed by atoms with Crippen LogP contribution in [0, 0.1) is 12.3 Å². The van der Waals surface area contributed by atoms with E-state index in [2.05, 4.69) is 24.8 Å². The number of anilines is 2. The average Bonchev–Trinajstić information content (AvgIpc) is 2.69. The van der Waals surface area contributed by atoms with E-state index in [0.29, 0.717) is 18.3 Å². The Morgan fingerprint density at radius 1 is 1.14 bits per heavy atom. The minimum atomic E-state index is 0.232. The van der Waals surface area contributed by atoms with Crippen molar-refractivity contribution in [2.45, 2.75) is 39.0 Å². The van der Waals surface area contributed by atoms with E-state index < -0.39 is 0 Å². The summed E-state index contributed by atoms with van der Waals surface area (Å²) in [7, 11) is 0. The van der Waals surface area contributed by atoms with Crippen LogP contribution in [0.2, 0.25) is 0 Å². The van der Waals surface area contributed by atoms with Gasteiger partial charge in [0.15, 0.2) is 0 Å². The summed E-state index contributed by atoms with van der Waals surface area (Å²) in [6, 6.07) is 6.05. The Balaban J connectivity index is 1.38. The quantitative estimate of drug-likeness (QED) is 0.875. The Kier molecular flexibility index (Phi) is 5.15. The number of rotatable bonds is 4. The number of hydrogen-bond donors (Lipinski definition) is 1. The van der Waals surface area contributed by atoms with Crippen molar-refractivity contribution in [2.75, 3.05) is 36.8 Å². The number of nitrogens with zero attached hydrogens (tertiary/aromatic N) is 5. The zero-order valence-corrected chi connectivity index (χ0v) is 16.5. The summed E-state index contributed by atoms with van der Waals surface area (Å²) in [6.45, 7) is 5.50. The number of aromatic nitrogens is 3. The summed E-state index contributed by atoms with van der Waals surface area (Å²) in [5.74, 6) is 1.54. The largest absolute Gasteiger partial charge is 0.368 e. The molecular formula is C21H28N6O. The topological polar surface area (TPSA) is 88.2 Å². The molecule has 2 N–H and O–H groups in total. The van der Waals surface area contributed by atoms with Crippen LogP contribution in [0.3, 0.4) is 0 Å². The van der Waals surface area contributed by atoms with Gasteiger partial charge in [-0.25, -0.2) is 4.98 Å². The standard InChI is InChI=1S/C21H28N6O/c1-16-14-18(25-20(22)24-16)26-12-7-21(8-13-26)6-2-19(28)27(15-21)11-5-17-3-9-23-10-4-17/h3-4,9-10,14H,2,5-8,11-13,15H2,1H3,(H2,22,24,25). The second kappa shape index (κ2) is 7.73. The van der Waals surface area contributed by atoms with Crippen LogP contribution in [0.5, 0.6) is 0 Å². The lowest BCUT2D eigenvalue weighted by molar-refractivity contribution is -0.138. The van der Waals surface area contributed by atoms with Gasteiger partial charge in [-0.2, -0.15) is 4.98 Å². The molecule has 0 aliphatic carbocycles. The Bertz CT molecular complexity index is 812. The van der Waals surface area contributed by atoms with Gasteiger partial charge in [0.2, 0.25) is 11.9 Å². The first-order valence-corrected chi connectivity index (χ1v) is 10.1. The molecule has 1 amide bonds. The molecule has 7 heteroatoms. The molecule has 4 heterocycles. The first kappa shape index (κ1) is 18.7. The molecule has 148 valence electrons. The van der Waals surface area contributed by atoms with Gasteiger partial charge >= 0.3 is 0 Å². The zero-order valence-electron chi connectivity index (χ0n) is 16.5. The molecule has 2 fully saturated rings. The SMILES string of the molecule is Cc1cc(N2CCC3(CCC(=O)N(CCc4ccncc4)C3)CC2)nc(N)n1. The van der Waals surface area contributed by atoms with Crippen LogP contribution in [0.25, 0.3) is 0 Å². The third-order valence-electron chi connectivity index (χ3n) is 6.17. The van der Waals surface area contributed by atoms with Crippen molar-refractivity contribution in [1.82, 2.24) is 19.9 Å². The maximum Gasteiger partial charge on any atom is 0.222 e. The average molecular weight is 380 g/mol. The highest BCUT2D eigenvalue weighted by Gasteiger charge is 2.41. The molecule has 28 heavy (non-hydrogen) atoms. The molecule has 4 rings (SSSR count). The lowest BCUT2D eigenvalue weighted by Gasteiger charge is -2.47. The maximum absolute atomic E-state index is 12.5. The number of carbonyl (C=O) groups excluding carboxylic acids is 1. The van der Waals surface area contributed by atoms with Crippen molar-refractivity contribution in [3.05, 3.63) is 41.9 Å². The first-order valence-electron chi connectivity index (χ1n) is 10.1. The van der Waals surface area contributed by atoms with Gasteiger partial charge in [-0.1, -0.05) is 0 Å². The number of hydrogen-bond acceptors (Lipinski definition) is 6. The molecular weight excluding hydrogens is 352 g/mol. The number of piperidine rings is 2. The van der Waals surface area contributed by atoms with Gasteiger partial charge in [-0.15, -0.1) is 0 Å². The summed E-state index contributed by atoms with van der Waals surface area (Å²) in [4.78, 5) is 29.5. The van der Waals surface area contributed by atoms with Crippen molar-refractivity contribution < 1.29 is 4.79 Å². The van der Waals surface area contributed by atoms with Crippen molar-refractivity contribution in [3.63, 3.8) is 0 Å². The predicted octanol–water partition coefficient (Wildman–Crippen LogP) is 2.21. The van der Waals surface area contributed by atoms with Crippen LogP contribution >= 0.6 is 0 Å². The minimum Gasteiger partial charge on any atom is -0.368 e. The fourth-order valence-corrected chi connectivity index (χ4v) is 4.47. The van der Waals surface area contributed by atoms with E-state index in [1.54, 1.807) is 0 Å². The number of pyridine rings is 1. The molecule has 0 atom stereocenters. The second-order valence-corrected chi connectivity index (χ2v) is 8.13. The van der Waals surface area contributed by atoms with Crippen molar-refractivity contribution in [1.29, 1.82) is 0 Å². The van der Waals surface area contributed by atoms with E-state index >= 15 is 0 Å². The van der Waals surface area contributed by atoms with Crippen LogP contribution in [0.15, 0.2) is 30.6 Å². The maximum atomic E-state index is 12.5. The smallest absolute Gasteiger partial charge is 0.222 e. The fourth-order valence-electron chi connectivity index (χ4n) is 4.47. The molecule has 0 radical (unpaired) electrons. The van der Waals surface area contributed by atoms with Gasteiger partial charge in [-0.05, 0) is 55.7 Å². The molecule has 2 aliphatic rings. The first-order chi connectivity index (χ1) is 13.5. The van der Waals surface area contributed by atoms with Gasteiger partial charge in [0.25, 0.3) is 0 Å². The molecule has 7 nitrogen and oxygen atoms in total. The third-order valence-corrected chi connectivity index (χ3v) is 6.17. The summed E-state index contributed by atoms with van der Waals surface area (Å²) < 4.78 is 0. The van der Waals surface area contributed by atoms with E-state index in [4.69, 9.17) is 5.73 Å². The lowest BCUT2D eigenvalue weighted by Crippen LogP contribution is -2.52. The molecule has 1 spiro atoms. The molecule has 0 aromatic carbocycles. The van der Waals surface area contributed by atoms with Crippen molar-refractivity contribution in [2.24, 2.45) is 5.41 Å². The highest BCUT2D eigenvalue weighted by molar-refractivity contribution is 5.77. The van der Waals surface area contributed by atoms with Crippen LogP contribution in [0.4, 0.5) is 11.8 Å². The van der Waals surface area contributed by atoms with Crippen molar-refractivity contribution >= 4 is 17.7 Å². The minimum absolute atomic E-state index is 0.232. The van der Waals surface area contributed by atoms with Gasteiger partial charge in [0.1, 0.15) is 5.82 Å². The van der Waals surface area contributed by atoms with Crippen LogP contribution < -0.4 is 10.6 Å². The fraction of sp³-hybridized carbons (Fsp3) is 0.524. The lowest BCUT2D eigenvalue weighted by atomic mass is 9.72. The molecule has 0 unspecified atom stereocenters. The van der Waals surface area contributed by atoms with Crippen LogP contribution in [-0.2, 0) is 11.2 Å². The van der Waals surface area contributed by atoms with Gasteiger partial charge in [-0.3, -0.25) is 9.78 Å². The Morgan fingerprint density at radius 3 is 2.61 bits per heavy atom. The number of nitrogens with two attached hydrogens (primary N) is 1. The van der Waals surface area contributed by atoms with E-state index in [1.807, 2.05) is 37.5 Å². The highest BCUT2D eigenvalue weighted by Crippen LogP contribution is 2.41. The molecule has 2 saturated heterocycles. The van der Waals surface area contributed by atoms with E-state index in [9.17, 15) is 4.79 Å². The summed E-state index contributed by atoms with van der Waals surface area (Å²) in [6.07, 6.45) is 8.32. The predicted molar refractivity (Wildman–Crippen MR) is 109 cm³/mol. The normalized spacial score (nSPS) is 19.2. The molecule has 2 aromatic rings. The Morgan fingerprint density at radius 2 is 1.89 bits per heavy atom. The van der Waals surface area contributed by atoms with E-state index in [0.717, 1.165) is 63.4 Å². The number of amides is 1. The number of aryl methyl sites for hydroxylation is 1. The summed E-state index contributed by atoms with van der Waals surface area (Å²) in [5, 5.41) is 0. The van der Waals surface area contributed by atoms with E-state index in [-0.39, 0.29) is 5.41 Å². The van der Waals surface area contributed by atoms with Crippen LogP contribution in [-0.4, -0.2) is 51.9 Å². The molecule has 0 saturated carbocycles. The Hall–Kier alpha value is -2.70. The monoisotopic (exact) mass is 380 g/mol. The molecule has 0 bridgehead atoms. The molecule has 2 aliphatic heterocycles. The highest BCUT2D eigenvalue weighted by atomic mass is 16.2. The number of likely N-dealkylation sites (tertiary alicyclic amines) is 1. The second-order valence-electron chi connectivity index (χ2n) is 8.13. The summed E-state index contributed by atoms with van der Waals surface area (Å²) in [5.41, 5.74) is 8.18.